The lowest BCUT2D eigenvalue weighted by molar-refractivity contribution is 0.405. The summed E-state index contributed by atoms with van der Waals surface area (Å²) in [5.74, 6) is 0.159. The molecular formula is C13H12BrNO3S. The highest BCUT2D eigenvalue weighted by molar-refractivity contribution is 9.10. The minimum absolute atomic E-state index is 0.0491. The van der Waals surface area contributed by atoms with E-state index in [1.807, 2.05) is 0 Å². The van der Waals surface area contributed by atoms with E-state index in [-0.39, 0.29) is 21.2 Å². The number of nitrogen functional groups attached to an aromatic ring is 1. The van der Waals surface area contributed by atoms with Crippen molar-refractivity contribution >= 4 is 31.5 Å². The molecule has 0 saturated heterocycles. The Morgan fingerprint density at radius 2 is 1.79 bits per heavy atom. The molecule has 0 spiro atoms. The Bertz CT molecular complexity index is 699. The third-order valence-corrected chi connectivity index (χ3v) is 4.83. The Kier molecular flexibility index (Phi) is 3.82. The van der Waals surface area contributed by atoms with Crippen molar-refractivity contribution in [1.82, 2.24) is 0 Å². The van der Waals surface area contributed by atoms with Crippen LogP contribution >= 0.6 is 15.9 Å². The molecule has 0 aliphatic heterocycles. The fourth-order valence-electron chi connectivity index (χ4n) is 1.73. The maximum Gasteiger partial charge on any atom is 0.210 e. The van der Waals surface area contributed by atoms with Crippen molar-refractivity contribution in [2.24, 2.45) is 0 Å². The molecule has 0 bridgehead atoms. The summed E-state index contributed by atoms with van der Waals surface area (Å²) in [6, 6.07) is 11.2. The first-order valence-electron chi connectivity index (χ1n) is 5.40. The molecule has 0 aliphatic rings. The summed E-state index contributed by atoms with van der Waals surface area (Å²) in [4.78, 5) is 0.249. The first-order valence-corrected chi connectivity index (χ1v) is 7.67. The topological polar surface area (TPSA) is 69.4 Å². The molecule has 100 valence electrons. The lowest BCUT2D eigenvalue weighted by Gasteiger charge is -2.12. The molecule has 0 fully saturated rings. The molecule has 2 N–H and O–H groups in total. The number of hydrogen-bond acceptors (Lipinski definition) is 4. The molecule has 0 unspecified atom stereocenters. The summed E-state index contributed by atoms with van der Waals surface area (Å²) >= 11 is 3.24. The summed E-state index contributed by atoms with van der Waals surface area (Å²) in [5.41, 5.74) is 6.06. The summed E-state index contributed by atoms with van der Waals surface area (Å²) < 4.78 is 30.8. The standard InChI is InChI=1S/C13H12BrNO3S/c1-18-13-11(15)7-9(14)8-12(13)19(16,17)10-5-3-2-4-6-10/h2-8H,15H2,1H3. The van der Waals surface area contributed by atoms with Gasteiger partial charge in [-0.2, -0.15) is 0 Å². The second-order valence-electron chi connectivity index (χ2n) is 3.84. The molecule has 0 atom stereocenters. The van der Waals surface area contributed by atoms with Gasteiger partial charge in [-0.1, -0.05) is 34.1 Å². The van der Waals surface area contributed by atoms with Crippen LogP contribution in [0.3, 0.4) is 0 Å². The van der Waals surface area contributed by atoms with Crippen LogP contribution in [0.1, 0.15) is 0 Å². The van der Waals surface area contributed by atoms with Gasteiger partial charge in [-0.15, -0.1) is 0 Å². The third kappa shape index (κ3) is 2.59. The van der Waals surface area contributed by atoms with Crippen LogP contribution in [0.15, 0.2) is 56.7 Å². The summed E-state index contributed by atoms with van der Waals surface area (Å²) in [7, 11) is -2.27. The smallest absolute Gasteiger partial charge is 0.210 e. The van der Waals surface area contributed by atoms with Gasteiger partial charge in [0, 0.05) is 4.47 Å². The van der Waals surface area contributed by atoms with Crippen molar-refractivity contribution in [3.63, 3.8) is 0 Å². The van der Waals surface area contributed by atoms with Crippen LogP contribution in [0.4, 0.5) is 5.69 Å². The van der Waals surface area contributed by atoms with Crippen LogP contribution in [0.2, 0.25) is 0 Å². The van der Waals surface area contributed by atoms with Gasteiger partial charge < -0.3 is 10.5 Å². The maximum atomic E-state index is 12.6. The predicted molar refractivity (Wildman–Crippen MR) is 77.0 cm³/mol. The van der Waals surface area contributed by atoms with E-state index in [4.69, 9.17) is 10.5 Å². The zero-order chi connectivity index (χ0) is 14.0. The minimum atomic E-state index is -3.66. The van der Waals surface area contributed by atoms with Crippen LogP contribution in [-0.2, 0) is 9.84 Å². The van der Waals surface area contributed by atoms with Gasteiger partial charge >= 0.3 is 0 Å². The zero-order valence-electron chi connectivity index (χ0n) is 10.1. The number of benzene rings is 2. The number of nitrogens with two attached hydrogens (primary N) is 1. The number of halogens is 1. The van der Waals surface area contributed by atoms with Crippen molar-refractivity contribution in [1.29, 1.82) is 0 Å². The molecule has 0 aliphatic carbocycles. The van der Waals surface area contributed by atoms with Gasteiger partial charge in [0.05, 0.1) is 17.7 Å². The molecule has 2 aromatic carbocycles. The van der Waals surface area contributed by atoms with Gasteiger partial charge in [0.2, 0.25) is 9.84 Å². The van der Waals surface area contributed by atoms with Crippen molar-refractivity contribution in [3.8, 4) is 5.75 Å². The molecule has 6 heteroatoms. The lowest BCUT2D eigenvalue weighted by Crippen LogP contribution is -2.06. The average molecular weight is 342 g/mol. The van der Waals surface area contributed by atoms with Crippen LogP contribution in [0.5, 0.6) is 5.75 Å². The Morgan fingerprint density at radius 1 is 1.16 bits per heavy atom. The van der Waals surface area contributed by atoms with Crippen molar-refractivity contribution in [3.05, 3.63) is 46.9 Å². The van der Waals surface area contributed by atoms with Gasteiger partial charge in [-0.05, 0) is 24.3 Å². The second-order valence-corrected chi connectivity index (χ2v) is 6.68. The van der Waals surface area contributed by atoms with Crippen molar-refractivity contribution in [2.45, 2.75) is 9.79 Å². The highest BCUT2D eigenvalue weighted by Gasteiger charge is 2.24. The minimum Gasteiger partial charge on any atom is -0.493 e. The summed E-state index contributed by atoms with van der Waals surface area (Å²) in [5, 5.41) is 0. The van der Waals surface area contributed by atoms with E-state index in [2.05, 4.69) is 15.9 Å². The number of ether oxygens (including phenoxy) is 1. The first-order chi connectivity index (χ1) is 8.96. The number of hydrogen-bond donors (Lipinski definition) is 1. The number of rotatable bonds is 3. The lowest BCUT2D eigenvalue weighted by atomic mass is 10.3. The zero-order valence-corrected chi connectivity index (χ0v) is 12.5. The van der Waals surface area contributed by atoms with Crippen molar-refractivity contribution < 1.29 is 13.2 Å². The number of anilines is 1. The molecule has 4 nitrogen and oxygen atoms in total. The monoisotopic (exact) mass is 341 g/mol. The molecule has 0 aromatic heterocycles. The molecule has 0 saturated carbocycles. The molecule has 0 radical (unpaired) electrons. The predicted octanol–water partition coefficient (Wildman–Crippen LogP) is 2.87. The summed E-state index contributed by atoms with van der Waals surface area (Å²) in [6.45, 7) is 0. The van der Waals surface area contributed by atoms with Gasteiger partial charge in [0.15, 0.2) is 5.75 Å². The third-order valence-electron chi connectivity index (χ3n) is 2.60. The Labute approximate surface area is 120 Å². The van der Waals surface area contributed by atoms with E-state index in [1.165, 1.54) is 25.3 Å². The highest BCUT2D eigenvalue weighted by Crippen LogP contribution is 2.36. The van der Waals surface area contributed by atoms with Crippen LogP contribution in [-0.4, -0.2) is 15.5 Å². The van der Waals surface area contributed by atoms with E-state index in [0.717, 1.165) is 0 Å². The SMILES string of the molecule is COc1c(N)cc(Br)cc1S(=O)(=O)c1ccccc1. The Morgan fingerprint density at radius 3 is 2.37 bits per heavy atom. The molecule has 2 rings (SSSR count). The van der Waals surface area contributed by atoms with E-state index >= 15 is 0 Å². The fraction of sp³-hybridized carbons (Fsp3) is 0.0769. The molecular weight excluding hydrogens is 330 g/mol. The highest BCUT2D eigenvalue weighted by atomic mass is 79.9. The maximum absolute atomic E-state index is 12.6. The first kappa shape index (κ1) is 13.9. The van der Waals surface area contributed by atoms with Crippen LogP contribution < -0.4 is 10.5 Å². The largest absolute Gasteiger partial charge is 0.493 e. The number of methoxy groups -OCH3 is 1. The van der Waals surface area contributed by atoms with E-state index in [9.17, 15) is 8.42 Å². The van der Waals surface area contributed by atoms with E-state index in [0.29, 0.717) is 4.47 Å². The van der Waals surface area contributed by atoms with Gasteiger partial charge in [0.1, 0.15) is 4.90 Å². The summed E-state index contributed by atoms with van der Waals surface area (Å²) in [6.07, 6.45) is 0. The van der Waals surface area contributed by atoms with Gasteiger partial charge in [0.25, 0.3) is 0 Å². The molecule has 0 heterocycles. The molecule has 2 aromatic rings. The fourth-order valence-corrected chi connectivity index (χ4v) is 3.86. The Hall–Kier alpha value is -1.53. The van der Waals surface area contributed by atoms with Crippen molar-refractivity contribution in [2.75, 3.05) is 12.8 Å². The Balaban J connectivity index is 2.72. The van der Waals surface area contributed by atoms with E-state index < -0.39 is 9.84 Å². The van der Waals surface area contributed by atoms with Crippen LogP contribution in [0, 0.1) is 0 Å². The average Bonchev–Trinajstić information content (AvgIpc) is 2.39. The normalized spacial score (nSPS) is 11.3. The quantitative estimate of drug-likeness (QED) is 0.871. The van der Waals surface area contributed by atoms with E-state index in [1.54, 1.807) is 24.3 Å². The molecule has 0 amide bonds. The second kappa shape index (κ2) is 5.22. The van der Waals surface area contributed by atoms with Gasteiger partial charge in [-0.25, -0.2) is 8.42 Å². The van der Waals surface area contributed by atoms with Gasteiger partial charge in [-0.3, -0.25) is 0 Å². The molecule has 19 heavy (non-hydrogen) atoms. The van der Waals surface area contributed by atoms with Crippen LogP contribution in [0.25, 0.3) is 0 Å². The number of sulfone groups is 1.